The fourth-order valence-corrected chi connectivity index (χ4v) is 3.79. The molecule has 134 valence electrons. The summed E-state index contributed by atoms with van der Waals surface area (Å²) in [6, 6.07) is 8.30. The number of thiophene rings is 1. The van der Waals surface area contributed by atoms with E-state index in [0.29, 0.717) is 16.7 Å². The SMILES string of the molecule is Cc1cc(C(=O)COC(=O)CCN2C(=O)c3ccccc3C2=O)c(C)s1. The van der Waals surface area contributed by atoms with Crippen molar-refractivity contribution in [3.63, 3.8) is 0 Å². The number of imide groups is 1. The first-order chi connectivity index (χ1) is 12.4. The molecule has 0 unspecified atom stereocenters. The molecule has 0 saturated carbocycles. The molecule has 0 spiro atoms. The van der Waals surface area contributed by atoms with E-state index in [0.717, 1.165) is 14.7 Å². The zero-order valence-corrected chi connectivity index (χ0v) is 15.2. The van der Waals surface area contributed by atoms with E-state index in [9.17, 15) is 19.2 Å². The number of hydrogen-bond acceptors (Lipinski definition) is 6. The zero-order valence-electron chi connectivity index (χ0n) is 14.4. The maximum Gasteiger partial charge on any atom is 0.308 e. The first-order valence-corrected chi connectivity index (χ1v) is 8.91. The van der Waals surface area contributed by atoms with E-state index in [4.69, 9.17) is 4.74 Å². The van der Waals surface area contributed by atoms with Gasteiger partial charge in [0.2, 0.25) is 5.78 Å². The van der Waals surface area contributed by atoms with E-state index in [1.165, 1.54) is 11.3 Å². The Morgan fingerprint density at radius 2 is 1.69 bits per heavy atom. The summed E-state index contributed by atoms with van der Waals surface area (Å²) >= 11 is 1.51. The van der Waals surface area contributed by atoms with Gasteiger partial charge in [0.15, 0.2) is 6.61 Å². The van der Waals surface area contributed by atoms with Crippen molar-refractivity contribution in [3.05, 3.63) is 56.8 Å². The average Bonchev–Trinajstić information content (AvgIpc) is 3.08. The molecule has 1 aromatic heterocycles. The van der Waals surface area contributed by atoms with Crippen LogP contribution in [0.15, 0.2) is 30.3 Å². The standard InChI is InChI=1S/C19H17NO5S/c1-11-9-15(12(2)26-11)16(21)10-25-17(22)7-8-20-18(23)13-5-3-4-6-14(13)19(20)24/h3-6,9H,7-8,10H2,1-2H3. The van der Waals surface area contributed by atoms with Crippen LogP contribution in [0.4, 0.5) is 0 Å². The summed E-state index contributed by atoms with van der Waals surface area (Å²) in [5, 5.41) is 0. The Bertz CT molecular complexity index is 879. The quantitative estimate of drug-likeness (QED) is 0.443. The molecule has 6 nitrogen and oxygen atoms in total. The number of aryl methyl sites for hydroxylation is 2. The Labute approximate surface area is 154 Å². The highest BCUT2D eigenvalue weighted by molar-refractivity contribution is 7.12. The lowest BCUT2D eigenvalue weighted by Gasteiger charge is -2.13. The summed E-state index contributed by atoms with van der Waals surface area (Å²) in [5.74, 6) is -1.72. The molecule has 2 amide bonds. The average molecular weight is 371 g/mol. The highest BCUT2D eigenvalue weighted by Gasteiger charge is 2.35. The molecular formula is C19H17NO5S. The summed E-state index contributed by atoms with van der Waals surface area (Å²) in [6.45, 7) is 3.32. The summed E-state index contributed by atoms with van der Waals surface area (Å²) < 4.78 is 5.00. The van der Waals surface area contributed by atoms with Crippen LogP contribution in [0.2, 0.25) is 0 Å². The Hall–Kier alpha value is -2.80. The van der Waals surface area contributed by atoms with Gasteiger partial charge < -0.3 is 4.74 Å². The Morgan fingerprint density at radius 3 is 2.23 bits per heavy atom. The van der Waals surface area contributed by atoms with Crippen molar-refractivity contribution in [3.8, 4) is 0 Å². The molecule has 1 aromatic carbocycles. The minimum atomic E-state index is -0.625. The molecule has 0 atom stereocenters. The number of ether oxygens (including phenoxy) is 1. The van der Waals surface area contributed by atoms with Crippen LogP contribution in [-0.2, 0) is 9.53 Å². The molecule has 7 heteroatoms. The number of benzene rings is 1. The van der Waals surface area contributed by atoms with Crippen molar-refractivity contribution in [2.75, 3.05) is 13.2 Å². The fourth-order valence-electron chi connectivity index (χ4n) is 2.85. The van der Waals surface area contributed by atoms with Gasteiger partial charge in [-0.25, -0.2) is 0 Å². The molecule has 2 heterocycles. The Kier molecular flexibility index (Phi) is 4.99. The second-order valence-corrected chi connectivity index (χ2v) is 7.43. The number of ketones is 1. The lowest BCUT2D eigenvalue weighted by atomic mass is 10.1. The van der Waals surface area contributed by atoms with Gasteiger partial charge in [-0.2, -0.15) is 0 Å². The third kappa shape index (κ3) is 3.43. The van der Waals surface area contributed by atoms with E-state index in [2.05, 4.69) is 0 Å². The fraction of sp³-hybridized carbons (Fsp3) is 0.263. The van der Waals surface area contributed by atoms with E-state index < -0.39 is 17.8 Å². The van der Waals surface area contributed by atoms with Gasteiger partial charge >= 0.3 is 5.97 Å². The molecule has 0 bridgehead atoms. The molecule has 0 fully saturated rings. The molecule has 1 aliphatic heterocycles. The van der Waals surface area contributed by atoms with Gasteiger partial charge in [0, 0.05) is 21.9 Å². The topological polar surface area (TPSA) is 80.8 Å². The van der Waals surface area contributed by atoms with Crippen LogP contribution in [0.1, 0.15) is 47.2 Å². The van der Waals surface area contributed by atoms with Crippen molar-refractivity contribution in [2.24, 2.45) is 0 Å². The Balaban J connectivity index is 1.52. The van der Waals surface area contributed by atoms with Gasteiger partial charge in [-0.1, -0.05) is 12.1 Å². The predicted molar refractivity (Wildman–Crippen MR) is 95.5 cm³/mol. The molecule has 0 radical (unpaired) electrons. The van der Waals surface area contributed by atoms with Crippen LogP contribution in [-0.4, -0.2) is 41.6 Å². The number of carbonyl (C=O) groups is 4. The van der Waals surface area contributed by atoms with Crippen LogP contribution in [0.5, 0.6) is 0 Å². The second-order valence-electron chi connectivity index (χ2n) is 5.97. The highest BCUT2D eigenvalue weighted by atomic mass is 32.1. The summed E-state index contributed by atoms with van der Waals surface area (Å²) in [5.41, 5.74) is 1.23. The maximum atomic E-state index is 12.2. The first kappa shape index (κ1) is 18.0. The smallest absolute Gasteiger partial charge is 0.308 e. The number of amides is 2. The molecule has 3 rings (SSSR count). The normalized spacial score (nSPS) is 13.1. The molecule has 2 aromatic rings. The van der Waals surface area contributed by atoms with Crippen LogP contribution in [0, 0.1) is 13.8 Å². The number of hydrogen-bond donors (Lipinski definition) is 0. The minimum Gasteiger partial charge on any atom is -0.457 e. The molecule has 26 heavy (non-hydrogen) atoms. The van der Waals surface area contributed by atoms with Gasteiger partial charge in [-0.05, 0) is 32.0 Å². The third-order valence-electron chi connectivity index (χ3n) is 4.12. The van der Waals surface area contributed by atoms with Crippen LogP contribution >= 0.6 is 11.3 Å². The summed E-state index contributed by atoms with van der Waals surface area (Å²) in [4.78, 5) is 51.3. The minimum absolute atomic E-state index is 0.0735. The van der Waals surface area contributed by atoms with Gasteiger partial charge in [0.1, 0.15) is 0 Å². The largest absolute Gasteiger partial charge is 0.457 e. The first-order valence-electron chi connectivity index (χ1n) is 8.09. The third-order valence-corrected chi connectivity index (χ3v) is 5.09. The maximum absolute atomic E-state index is 12.2. The lowest BCUT2D eigenvalue weighted by molar-refractivity contribution is -0.142. The van der Waals surface area contributed by atoms with Crippen LogP contribution in [0.3, 0.4) is 0 Å². The number of nitrogens with zero attached hydrogens (tertiary/aromatic N) is 1. The van der Waals surface area contributed by atoms with E-state index >= 15 is 0 Å². The zero-order chi connectivity index (χ0) is 18.8. The van der Waals surface area contributed by atoms with Gasteiger partial charge in [-0.3, -0.25) is 24.1 Å². The summed E-state index contributed by atoms with van der Waals surface area (Å²) in [7, 11) is 0. The van der Waals surface area contributed by atoms with Crippen LogP contribution in [0.25, 0.3) is 0 Å². The Morgan fingerprint density at radius 1 is 1.08 bits per heavy atom. The van der Waals surface area contributed by atoms with Crippen molar-refractivity contribution >= 4 is 34.9 Å². The lowest BCUT2D eigenvalue weighted by Crippen LogP contribution is -2.32. The number of carbonyl (C=O) groups excluding carboxylic acids is 4. The predicted octanol–water partition coefficient (Wildman–Crippen LogP) is 2.78. The van der Waals surface area contributed by atoms with Crippen LogP contribution < -0.4 is 0 Å². The van der Waals surface area contributed by atoms with Crippen molar-refractivity contribution in [1.82, 2.24) is 4.90 Å². The van der Waals surface area contributed by atoms with Gasteiger partial charge in [0.25, 0.3) is 11.8 Å². The number of fused-ring (bicyclic) bond motifs is 1. The van der Waals surface area contributed by atoms with Crippen molar-refractivity contribution in [1.29, 1.82) is 0 Å². The number of esters is 1. The second kappa shape index (κ2) is 7.21. The number of Topliss-reactive ketones (excluding diaryl/α,β-unsaturated/α-hetero) is 1. The van der Waals surface area contributed by atoms with E-state index in [1.54, 1.807) is 30.3 Å². The van der Waals surface area contributed by atoms with Crippen molar-refractivity contribution < 1.29 is 23.9 Å². The molecule has 0 saturated heterocycles. The van der Waals surface area contributed by atoms with Gasteiger partial charge in [-0.15, -0.1) is 11.3 Å². The number of rotatable bonds is 6. The monoisotopic (exact) mass is 371 g/mol. The van der Waals surface area contributed by atoms with Crippen molar-refractivity contribution in [2.45, 2.75) is 20.3 Å². The molecule has 0 N–H and O–H groups in total. The molecular weight excluding hydrogens is 354 g/mol. The molecule has 1 aliphatic rings. The van der Waals surface area contributed by atoms with E-state index in [1.807, 2.05) is 13.8 Å². The molecule has 0 aliphatic carbocycles. The van der Waals surface area contributed by atoms with Gasteiger partial charge in [0.05, 0.1) is 17.5 Å². The summed E-state index contributed by atoms with van der Waals surface area (Å²) in [6.07, 6.45) is -0.152. The van der Waals surface area contributed by atoms with E-state index in [-0.39, 0.29) is 25.4 Å². The highest BCUT2D eigenvalue weighted by Crippen LogP contribution is 2.23.